The number of hydrogen-bond acceptors (Lipinski definition) is 5. The maximum absolute atomic E-state index is 14.1. The van der Waals surface area contributed by atoms with Crippen molar-refractivity contribution in [3.63, 3.8) is 0 Å². The highest BCUT2D eigenvalue weighted by molar-refractivity contribution is 5.99. The van der Waals surface area contributed by atoms with Gasteiger partial charge in [0.25, 0.3) is 11.8 Å². The number of carbonyl (C=O) groups is 2. The first kappa shape index (κ1) is 26.3. The summed E-state index contributed by atoms with van der Waals surface area (Å²) in [6, 6.07) is 11.4. The predicted octanol–water partition coefficient (Wildman–Crippen LogP) is 3.61. The summed E-state index contributed by atoms with van der Waals surface area (Å²) in [5.41, 5.74) is -0.191. The third kappa shape index (κ3) is 5.07. The Bertz CT molecular complexity index is 1500. The Kier molecular flexibility index (Phi) is 7.30. The molecule has 2 bridgehead atoms. The smallest absolute Gasteiger partial charge is 0.275 e. The van der Waals surface area contributed by atoms with Crippen LogP contribution in [-0.4, -0.2) is 47.1 Å². The van der Waals surface area contributed by atoms with Crippen molar-refractivity contribution in [2.75, 3.05) is 13.7 Å². The number of nitrogens with one attached hydrogen (secondary N) is 1. The first-order chi connectivity index (χ1) is 18.8. The predicted molar refractivity (Wildman–Crippen MR) is 138 cm³/mol. The minimum atomic E-state index is -0.822. The highest BCUT2D eigenvalue weighted by atomic mass is 19.1. The minimum Gasteiger partial charge on any atom is -0.483 e. The first-order valence-electron chi connectivity index (χ1n) is 12.5. The van der Waals surface area contributed by atoms with Crippen LogP contribution in [0.15, 0.2) is 71.7 Å². The number of aromatic nitrogens is 1. The van der Waals surface area contributed by atoms with Crippen LogP contribution in [0.25, 0.3) is 0 Å². The molecular formula is C29H27F2N3O5. The fourth-order valence-corrected chi connectivity index (χ4v) is 4.90. The molecule has 5 rings (SSSR count). The molecule has 0 unspecified atom stereocenters. The summed E-state index contributed by atoms with van der Waals surface area (Å²) in [4.78, 5) is 42.2. The maximum atomic E-state index is 14.1. The third-order valence-corrected chi connectivity index (χ3v) is 7.04. The molecule has 3 heterocycles. The molecule has 8 nitrogen and oxygen atoms in total. The van der Waals surface area contributed by atoms with E-state index in [4.69, 9.17) is 9.47 Å². The largest absolute Gasteiger partial charge is 0.483 e. The Morgan fingerprint density at radius 3 is 2.59 bits per heavy atom. The fraction of sp³-hybridized carbons (Fsp3) is 0.276. The van der Waals surface area contributed by atoms with Crippen LogP contribution in [0.4, 0.5) is 8.78 Å². The van der Waals surface area contributed by atoms with Crippen molar-refractivity contribution >= 4 is 11.8 Å². The van der Waals surface area contributed by atoms with E-state index in [1.165, 1.54) is 12.3 Å². The van der Waals surface area contributed by atoms with Gasteiger partial charge in [-0.25, -0.2) is 8.78 Å². The summed E-state index contributed by atoms with van der Waals surface area (Å²) < 4.78 is 40.6. The molecule has 3 atom stereocenters. The van der Waals surface area contributed by atoms with Gasteiger partial charge in [0.05, 0.1) is 12.1 Å². The van der Waals surface area contributed by atoms with Crippen molar-refractivity contribution in [2.24, 2.45) is 0 Å². The van der Waals surface area contributed by atoms with Crippen molar-refractivity contribution in [3.05, 3.63) is 111 Å². The van der Waals surface area contributed by atoms with Gasteiger partial charge in [-0.1, -0.05) is 48.6 Å². The van der Waals surface area contributed by atoms with Crippen molar-refractivity contribution in [1.82, 2.24) is 14.8 Å². The van der Waals surface area contributed by atoms with Gasteiger partial charge >= 0.3 is 0 Å². The van der Waals surface area contributed by atoms with Gasteiger partial charge < -0.3 is 24.3 Å². The quantitative estimate of drug-likeness (QED) is 0.467. The van der Waals surface area contributed by atoms with Gasteiger partial charge in [0.15, 0.2) is 11.4 Å². The summed E-state index contributed by atoms with van der Waals surface area (Å²) in [6.45, 7) is 1.89. The standard InChI is InChI=1S/C29H27F2N3O5/c1-17-8-11-24(38-2)23-15-33(17)29(37)25-27(39-16-18-6-4-3-5-7-18)26(35)21(14-34(23)25)28(36)32-13-19-9-10-20(30)12-22(19)31/h3-12,14,17,23-24H,13,15-16H2,1-2H3,(H,32,36)/t17-,23+,24-/m0/s1. The highest BCUT2D eigenvalue weighted by Gasteiger charge is 2.41. The molecule has 0 fully saturated rings. The molecule has 0 spiro atoms. The Labute approximate surface area is 223 Å². The fourth-order valence-electron chi connectivity index (χ4n) is 4.90. The summed E-state index contributed by atoms with van der Waals surface area (Å²) >= 11 is 0. The molecule has 39 heavy (non-hydrogen) atoms. The molecule has 0 saturated heterocycles. The van der Waals surface area contributed by atoms with Crippen LogP contribution in [0.1, 0.15) is 44.9 Å². The molecular weight excluding hydrogens is 508 g/mol. The molecule has 2 amide bonds. The number of ether oxygens (including phenoxy) is 2. The topological polar surface area (TPSA) is 89.9 Å². The second-order valence-electron chi connectivity index (χ2n) is 9.50. The van der Waals surface area contributed by atoms with Gasteiger partial charge in [0.2, 0.25) is 5.43 Å². The monoisotopic (exact) mass is 535 g/mol. The van der Waals surface area contributed by atoms with Gasteiger partial charge in [-0.15, -0.1) is 0 Å². The molecule has 202 valence electrons. The zero-order valence-electron chi connectivity index (χ0n) is 21.4. The molecule has 2 aliphatic heterocycles. The van der Waals surface area contributed by atoms with E-state index in [1.54, 1.807) is 16.6 Å². The number of methoxy groups -OCH3 is 1. The van der Waals surface area contributed by atoms with Crippen molar-refractivity contribution in [3.8, 4) is 5.75 Å². The second kappa shape index (κ2) is 10.8. The number of amides is 2. The third-order valence-electron chi connectivity index (χ3n) is 7.04. The molecule has 0 saturated carbocycles. The van der Waals surface area contributed by atoms with Crippen LogP contribution in [0.5, 0.6) is 5.75 Å². The molecule has 0 radical (unpaired) electrons. The lowest BCUT2D eigenvalue weighted by molar-refractivity contribution is 0.0431. The number of halogens is 2. The van der Waals surface area contributed by atoms with Crippen LogP contribution < -0.4 is 15.5 Å². The van der Waals surface area contributed by atoms with E-state index < -0.39 is 41.0 Å². The number of benzene rings is 2. The van der Waals surface area contributed by atoms with Crippen LogP contribution >= 0.6 is 0 Å². The van der Waals surface area contributed by atoms with E-state index in [0.29, 0.717) is 12.6 Å². The number of rotatable bonds is 7. The molecule has 2 aromatic carbocycles. The number of pyridine rings is 1. The lowest BCUT2D eigenvalue weighted by Crippen LogP contribution is -2.49. The molecule has 3 aromatic rings. The van der Waals surface area contributed by atoms with E-state index in [0.717, 1.165) is 11.6 Å². The number of carbonyl (C=O) groups excluding carboxylic acids is 2. The number of fused-ring (bicyclic) bond motifs is 4. The number of hydrogen-bond donors (Lipinski definition) is 1. The molecule has 10 heteroatoms. The van der Waals surface area contributed by atoms with Gasteiger partial charge in [0, 0.05) is 44.1 Å². The molecule has 2 aliphatic rings. The summed E-state index contributed by atoms with van der Waals surface area (Å²) in [7, 11) is 1.55. The zero-order valence-corrected chi connectivity index (χ0v) is 21.4. The van der Waals surface area contributed by atoms with Gasteiger partial charge in [0.1, 0.15) is 23.8 Å². The summed E-state index contributed by atoms with van der Waals surface area (Å²) in [6.07, 6.45) is 4.61. The van der Waals surface area contributed by atoms with E-state index in [-0.39, 0.29) is 41.8 Å². The lowest BCUT2D eigenvalue weighted by atomic mass is 10.0. The SMILES string of the molecule is CO[C@H]1C=C[C@H](C)N2C[C@H]1n1cc(C(=O)NCc3ccc(F)cc3F)c(=O)c(OCc3ccccc3)c1C2=O. The first-order valence-corrected chi connectivity index (χ1v) is 12.5. The van der Waals surface area contributed by atoms with Crippen molar-refractivity contribution in [1.29, 1.82) is 0 Å². The van der Waals surface area contributed by atoms with E-state index in [9.17, 15) is 23.2 Å². The van der Waals surface area contributed by atoms with E-state index in [1.807, 2.05) is 49.4 Å². The van der Waals surface area contributed by atoms with Crippen LogP contribution in [0, 0.1) is 11.6 Å². The van der Waals surface area contributed by atoms with Crippen molar-refractivity contribution in [2.45, 2.75) is 38.3 Å². The molecule has 0 aliphatic carbocycles. The Morgan fingerprint density at radius 2 is 1.87 bits per heavy atom. The zero-order chi connectivity index (χ0) is 27.7. The molecule has 1 aromatic heterocycles. The lowest BCUT2D eigenvalue weighted by Gasteiger charge is -2.39. The van der Waals surface area contributed by atoms with Gasteiger partial charge in [-0.3, -0.25) is 14.4 Å². The average molecular weight is 536 g/mol. The normalized spacial score (nSPS) is 19.8. The number of nitrogens with zero attached hydrogens (tertiary/aromatic N) is 2. The van der Waals surface area contributed by atoms with Crippen molar-refractivity contribution < 1.29 is 27.8 Å². The minimum absolute atomic E-state index is 0.00556. The maximum Gasteiger partial charge on any atom is 0.275 e. The Hall–Kier alpha value is -4.31. The Balaban J connectivity index is 1.57. The van der Waals surface area contributed by atoms with Gasteiger partial charge in [-0.2, -0.15) is 0 Å². The summed E-state index contributed by atoms with van der Waals surface area (Å²) in [5.74, 6) is -3.00. The van der Waals surface area contributed by atoms with Crippen LogP contribution in [0.3, 0.4) is 0 Å². The van der Waals surface area contributed by atoms with Crippen LogP contribution in [-0.2, 0) is 17.9 Å². The summed E-state index contributed by atoms with van der Waals surface area (Å²) in [5, 5.41) is 2.52. The molecule has 1 N–H and O–H groups in total. The van der Waals surface area contributed by atoms with Gasteiger partial charge in [-0.05, 0) is 18.6 Å². The highest BCUT2D eigenvalue weighted by Crippen LogP contribution is 2.34. The van der Waals surface area contributed by atoms with E-state index >= 15 is 0 Å². The van der Waals surface area contributed by atoms with E-state index in [2.05, 4.69) is 5.32 Å². The Morgan fingerprint density at radius 1 is 1.10 bits per heavy atom. The van der Waals surface area contributed by atoms with Crippen LogP contribution in [0.2, 0.25) is 0 Å². The second-order valence-corrected chi connectivity index (χ2v) is 9.50. The average Bonchev–Trinajstić information content (AvgIpc) is 3.07.